The summed E-state index contributed by atoms with van der Waals surface area (Å²) in [6, 6.07) is 3.78. The van der Waals surface area contributed by atoms with Gasteiger partial charge < -0.3 is 5.32 Å². The fourth-order valence-corrected chi connectivity index (χ4v) is 1.34. The predicted molar refractivity (Wildman–Crippen MR) is 60.5 cm³/mol. The van der Waals surface area contributed by atoms with Crippen LogP contribution < -0.4 is 5.32 Å². The van der Waals surface area contributed by atoms with Gasteiger partial charge >= 0.3 is 0 Å². The van der Waals surface area contributed by atoms with Crippen molar-refractivity contribution >= 4 is 23.2 Å². The zero-order chi connectivity index (χ0) is 10.8. The zero-order valence-corrected chi connectivity index (χ0v) is 9.28. The monoisotopic (exact) mass is 222 g/mol. The molecule has 0 bridgehead atoms. The minimum atomic E-state index is 0.672. The van der Waals surface area contributed by atoms with Crippen molar-refractivity contribution in [3.05, 3.63) is 35.1 Å². The molecule has 0 saturated heterocycles. The highest BCUT2D eigenvalue weighted by molar-refractivity contribution is 6.31. The summed E-state index contributed by atoms with van der Waals surface area (Å²) in [4.78, 5) is 4.17. The van der Waals surface area contributed by atoms with Crippen molar-refractivity contribution in [1.82, 2.24) is 14.8 Å². The van der Waals surface area contributed by atoms with Gasteiger partial charge in [0.25, 0.3) is 0 Å². The Labute approximate surface area is 92.9 Å². The number of halogens is 1. The van der Waals surface area contributed by atoms with Crippen LogP contribution in [0.1, 0.15) is 5.56 Å². The average Bonchev–Trinajstić information content (AvgIpc) is 2.59. The lowest BCUT2D eigenvalue weighted by Crippen LogP contribution is -2.00. The summed E-state index contributed by atoms with van der Waals surface area (Å²) in [6.45, 7) is 1.94. The molecule has 5 heteroatoms. The molecule has 78 valence electrons. The molecule has 0 amide bonds. The summed E-state index contributed by atoms with van der Waals surface area (Å²) in [6.07, 6.45) is 3.36. The largest absolute Gasteiger partial charge is 0.325 e. The normalized spacial score (nSPS) is 10.3. The van der Waals surface area contributed by atoms with Gasteiger partial charge in [0.05, 0.1) is 11.2 Å². The van der Waals surface area contributed by atoms with Crippen molar-refractivity contribution < 1.29 is 0 Å². The van der Waals surface area contributed by atoms with Crippen LogP contribution in [0, 0.1) is 6.92 Å². The van der Waals surface area contributed by atoms with Crippen LogP contribution in [0.25, 0.3) is 0 Å². The molecule has 2 aromatic heterocycles. The van der Waals surface area contributed by atoms with Crippen molar-refractivity contribution in [2.24, 2.45) is 7.05 Å². The molecule has 0 aliphatic heterocycles. The Kier molecular flexibility index (Phi) is 2.60. The maximum atomic E-state index is 5.89. The molecule has 0 saturated carbocycles. The van der Waals surface area contributed by atoms with Gasteiger partial charge in [-0.15, -0.1) is 0 Å². The first kappa shape index (κ1) is 9.98. The number of anilines is 2. The number of pyridine rings is 1. The van der Waals surface area contributed by atoms with E-state index >= 15 is 0 Å². The molecule has 0 unspecified atom stereocenters. The lowest BCUT2D eigenvalue weighted by molar-refractivity contribution is 0.776. The summed E-state index contributed by atoms with van der Waals surface area (Å²) in [5.74, 6) is 1.66. The van der Waals surface area contributed by atoms with Gasteiger partial charge in [0.2, 0.25) is 0 Å². The summed E-state index contributed by atoms with van der Waals surface area (Å²) in [5, 5.41) is 7.88. The molecule has 2 rings (SSSR count). The van der Waals surface area contributed by atoms with Crippen molar-refractivity contribution in [2.45, 2.75) is 6.92 Å². The highest BCUT2D eigenvalue weighted by atomic mass is 35.5. The Balaban J connectivity index is 2.25. The van der Waals surface area contributed by atoms with E-state index in [1.807, 2.05) is 26.1 Å². The van der Waals surface area contributed by atoms with Crippen molar-refractivity contribution in [2.75, 3.05) is 5.32 Å². The molecule has 0 spiro atoms. The Bertz CT molecular complexity index is 478. The second kappa shape index (κ2) is 3.90. The van der Waals surface area contributed by atoms with Gasteiger partial charge in [-0.05, 0) is 18.6 Å². The molecule has 1 N–H and O–H groups in total. The van der Waals surface area contributed by atoms with E-state index in [2.05, 4.69) is 15.4 Å². The number of hydrogen-bond acceptors (Lipinski definition) is 3. The molecule has 0 fully saturated rings. The lowest BCUT2D eigenvalue weighted by Gasteiger charge is -2.06. The van der Waals surface area contributed by atoms with E-state index in [9.17, 15) is 0 Å². The smallest absolute Gasteiger partial charge is 0.131 e. The van der Waals surface area contributed by atoms with Gasteiger partial charge in [0.15, 0.2) is 0 Å². The zero-order valence-electron chi connectivity index (χ0n) is 8.53. The van der Waals surface area contributed by atoms with Crippen LogP contribution >= 0.6 is 11.6 Å². The summed E-state index contributed by atoms with van der Waals surface area (Å²) < 4.78 is 1.74. The van der Waals surface area contributed by atoms with Crippen LogP contribution in [0.5, 0.6) is 0 Å². The number of nitrogens with one attached hydrogen (secondary N) is 1. The van der Waals surface area contributed by atoms with Crippen molar-refractivity contribution in [3.63, 3.8) is 0 Å². The van der Waals surface area contributed by atoms with Gasteiger partial charge in [-0.3, -0.25) is 4.68 Å². The van der Waals surface area contributed by atoms with E-state index in [0.29, 0.717) is 5.02 Å². The SMILES string of the molecule is Cc1cc(Nc2ccnn2C)ncc1Cl. The molecule has 0 aromatic carbocycles. The first-order valence-electron chi connectivity index (χ1n) is 4.54. The Morgan fingerprint density at radius 3 is 2.87 bits per heavy atom. The Morgan fingerprint density at radius 2 is 2.27 bits per heavy atom. The quantitative estimate of drug-likeness (QED) is 0.849. The molecule has 0 aliphatic rings. The third-order valence-electron chi connectivity index (χ3n) is 2.12. The molecule has 2 heterocycles. The summed E-state index contributed by atoms with van der Waals surface area (Å²) in [7, 11) is 1.87. The van der Waals surface area contributed by atoms with E-state index in [-0.39, 0.29) is 0 Å². The van der Waals surface area contributed by atoms with E-state index < -0.39 is 0 Å². The van der Waals surface area contributed by atoms with Crippen LogP contribution in [0.3, 0.4) is 0 Å². The van der Waals surface area contributed by atoms with E-state index in [0.717, 1.165) is 17.2 Å². The maximum absolute atomic E-state index is 5.89. The second-order valence-electron chi connectivity index (χ2n) is 3.28. The van der Waals surface area contributed by atoms with Gasteiger partial charge in [0.1, 0.15) is 11.6 Å². The van der Waals surface area contributed by atoms with Crippen LogP contribution in [0.2, 0.25) is 5.02 Å². The summed E-state index contributed by atoms with van der Waals surface area (Å²) in [5.41, 5.74) is 0.997. The standard InChI is InChI=1S/C10H11ClN4/c1-7-5-9(12-6-8(7)11)14-10-3-4-13-15(10)2/h3-6H,1-2H3,(H,12,14). The highest BCUT2D eigenvalue weighted by Gasteiger charge is 2.02. The number of rotatable bonds is 2. The van der Waals surface area contributed by atoms with Gasteiger partial charge in [0, 0.05) is 19.3 Å². The Morgan fingerprint density at radius 1 is 1.47 bits per heavy atom. The Hall–Kier alpha value is -1.55. The van der Waals surface area contributed by atoms with Gasteiger partial charge in [-0.1, -0.05) is 11.6 Å². The number of aromatic nitrogens is 3. The third kappa shape index (κ3) is 2.10. The molecular weight excluding hydrogens is 212 g/mol. The molecule has 0 atom stereocenters. The molecule has 15 heavy (non-hydrogen) atoms. The average molecular weight is 223 g/mol. The minimum Gasteiger partial charge on any atom is -0.325 e. The first-order valence-corrected chi connectivity index (χ1v) is 4.92. The fraction of sp³-hybridized carbons (Fsp3) is 0.200. The van der Waals surface area contributed by atoms with Crippen LogP contribution in [0.4, 0.5) is 11.6 Å². The number of hydrogen-bond donors (Lipinski definition) is 1. The molecule has 0 aliphatic carbocycles. The van der Waals surface area contributed by atoms with Crippen molar-refractivity contribution in [3.8, 4) is 0 Å². The van der Waals surface area contributed by atoms with E-state index in [4.69, 9.17) is 11.6 Å². The third-order valence-corrected chi connectivity index (χ3v) is 2.52. The molecule has 2 aromatic rings. The van der Waals surface area contributed by atoms with Crippen LogP contribution in [0.15, 0.2) is 24.5 Å². The molecule has 4 nitrogen and oxygen atoms in total. The maximum Gasteiger partial charge on any atom is 0.131 e. The van der Waals surface area contributed by atoms with Crippen molar-refractivity contribution in [1.29, 1.82) is 0 Å². The van der Waals surface area contributed by atoms with Crippen LogP contribution in [-0.4, -0.2) is 14.8 Å². The van der Waals surface area contributed by atoms with E-state index in [1.54, 1.807) is 17.1 Å². The molecular formula is C10H11ClN4. The minimum absolute atomic E-state index is 0.672. The van der Waals surface area contributed by atoms with E-state index in [1.165, 1.54) is 0 Å². The van der Waals surface area contributed by atoms with Gasteiger partial charge in [-0.2, -0.15) is 5.10 Å². The summed E-state index contributed by atoms with van der Waals surface area (Å²) >= 11 is 5.89. The topological polar surface area (TPSA) is 42.7 Å². The predicted octanol–water partition coefficient (Wildman–Crippen LogP) is 2.52. The number of nitrogens with zero attached hydrogens (tertiary/aromatic N) is 3. The lowest BCUT2D eigenvalue weighted by atomic mass is 10.3. The number of aryl methyl sites for hydroxylation is 2. The van der Waals surface area contributed by atoms with Crippen LogP contribution in [-0.2, 0) is 7.05 Å². The fourth-order valence-electron chi connectivity index (χ4n) is 1.24. The molecule has 0 radical (unpaired) electrons. The first-order chi connectivity index (χ1) is 7.16. The highest BCUT2D eigenvalue weighted by Crippen LogP contribution is 2.19. The van der Waals surface area contributed by atoms with Gasteiger partial charge in [-0.25, -0.2) is 4.98 Å². The second-order valence-corrected chi connectivity index (χ2v) is 3.69.